The highest BCUT2D eigenvalue weighted by atomic mass is 19.1. The fourth-order valence-electron chi connectivity index (χ4n) is 4.66. The van der Waals surface area contributed by atoms with Gasteiger partial charge in [0.25, 0.3) is 0 Å². The van der Waals surface area contributed by atoms with Gasteiger partial charge in [-0.25, -0.2) is 4.39 Å². The van der Waals surface area contributed by atoms with Gasteiger partial charge in [-0.2, -0.15) is 0 Å². The summed E-state index contributed by atoms with van der Waals surface area (Å²) in [5.41, 5.74) is 7.11. The Bertz CT molecular complexity index is 1030. The van der Waals surface area contributed by atoms with E-state index in [0.717, 1.165) is 49.3 Å². The second-order valence-electron chi connectivity index (χ2n) is 10.0. The average molecular weight is 461 g/mol. The summed E-state index contributed by atoms with van der Waals surface area (Å²) in [6.07, 6.45) is 6.78. The Morgan fingerprint density at radius 2 is 1.62 bits per heavy atom. The second kappa shape index (κ2) is 12.7. The summed E-state index contributed by atoms with van der Waals surface area (Å²) in [6, 6.07) is 22.4. The summed E-state index contributed by atoms with van der Waals surface area (Å²) in [4.78, 5) is 0. The van der Waals surface area contributed by atoms with Gasteiger partial charge in [0.2, 0.25) is 0 Å². The third-order valence-electron chi connectivity index (χ3n) is 6.61. The molecule has 3 aromatic rings. The van der Waals surface area contributed by atoms with E-state index in [1.54, 1.807) is 6.07 Å². The fraction of sp³-hybridized carbons (Fsp3) is 0.419. The summed E-state index contributed by atoms with van der Waals surface area (Å²) < 4.78 is 13.6. The van der Waals surface area contributed by atoms with Crippen molar-refractivity contribution in [2.24, 2.45) is 5.41 Å². The predicted octanol–water partition coefficient (Wildman–Crippen LogP) is 8.21. The van der Waals surface area contributed by atoms with Crippen molar-refractivity contribution in [3.63, 3.8) is 0 Å². The molecule has 182 valence electrons. The van der Waals surface area contributed by atoms with Crippen molar-refractivity contribution in [2.45, 2.75) is 66.2 Å². The highest BCUT2D eigenvalue weighted by Crippen LogP contribution is 2.32. The SMILES string of the molecule is CCCCC(C)(CNCCC)Cc1ccc(Nc2ccc(F)cc2C)c(Cc2ccccc2)c1. The molecule has 0 aliphatic heterocycles. The van der Waals surface area contributed by atoms with Crippen LogP contribution >= 0.6 is 0 Å². The van der Waals surface area contributed by atoms with E-state index in [9.17, 15) is 4.39 Å². The minimum absolute atomic E-state index is 0.203. The third kappa shape index (κ3) is 7.70. The van der Waals surface area contributed by atoms with Gasteiger partial charge in [-0.3, -0.25) is 0 Å². The first-order chi connectivity index (χ1) is 16.4. The topological polar surface area (TPSA) is 24.1 Å². The van der Waals surface area contributed by atoms with Gasteiger partial charge >= 0.3 is 0 Å². The molecule has 1 unspecified atom stereocenters. The van der Waals surface area contributed by atoms with Gasteiger partial charge in [-0.15, -0.1) is 0 Å². The van der Waals surface area contributed by atoms with E-state index in [4.69, 9.17) is 0 Å². The summed E-state index contributed by atoms with van der Waals surface area (Å²) in [5.74, 6) is -0.203. The summed E-state index contributed by atoms with van der Waals surface area (Å²) in [5, 5.41) is 7.25. The van der Waals surface area contributed by atoms with Crippen LogP contribution in [0.3, 0.4) is 0 Å². The number of anilines is 2. The van der Waals surface area contributed by atoms with Crippen LogP contribution in [0, 0.1) is 18.2 Å². The Balaban J connectivity index is 1.90. The van der Waals surface area contributed by atoms with Crippen LogP contribution in [-0.2, 0) is 12.8 Å². The molecule has 0 aromatic heterocycles. The smallest absolute Gasteiger partial charge is 0.123 e. The predicted molar refractivity (Wildman–Crippen MR) is 145 cm³/mol. The molecule has 0 fully saturated rings. The Morgan fingerprint density at radius 3 is 2.32 bits per heavy atom. The molecule has 2 nitrogen and oxygen atoms in total. The Hall–Kier alpha value is -2.65. The van der Waals surface area contributed by atoms with E-state index in [1.165, 1.54) is 42.0 Å². The molecule has 0 spiro atoms. The maximum absolute atomic E-state index is 13.6. The number of hydrogen-bond acceptors (Lipinski definition) is 2. The van der Waals surface area contributed by atoms with Gasteiger partial charge in [0.1, 0.15) is 5.82 Å². The molecule has 0 heterocycles. The Labute approximate surface area is 206 Å². The molecular formula is C31H41FN2. The van der Waals surface area contributed by atoms with Crippen LogP contribution in [0.15, 0.2) is 66.7 Å². The summed E-state index contributed by atoms with van der Waals surface area (Å²) in [7, 11) is 0. The summed E-state index contributed by atoms with van der Waals surface area (Å²) in [6.45, 7) is 11.0. The molecule has 0 aliphatic carbocycles. The number of benzene rings is 3. The number of hydrogen-bond donors (Lipinski definition) is 2. The van der Waals surface area contributed by atoms with Gasteiger partial charge in [0.05, 0.1) is 0 Å². The van der Waals surface area contributed by atoms with Gasteiger partial charge in [0.15, 0.2) is 0 Å². The first kappa shape index (κ1) is 26.0. The van der Waals surface area contributed by atoms with Gasteiger partial charge < -0.3 is 10.6 Å². The van der Waals surface area contributed by atoms with Crippen molar-refractivity contribution in [1.82, 2.24) is 5.32 Å². The van der Waals surface area contributed by atoms with Gasteiger partial charge in [-0.05, 0) is 91.1 Å². The van der Waals surface area contributed by atoms with E-state index in [2.05, 4.69) is 79.9 Å². The average Bonchev–Trinajstić information content (AvgIpc) is 2.82. The lowest BCUT2D eigenvalue weighted by Gasteiger charge is -2.31. The highest BCUT2D eigenvalue weighted by molar-refractivity contribution is 5.67. The normalized spacial score (nSPS) is 13.0. The number of halogens is 1. The largest absolute Gasteiger partial charge is 0.355 e. The Morgan fingerprint density at radius 1 is 0.853 bits per heavy atom. The van der Waals surface area contributed by atoms with Crippen molar-refractivity contribution in [3.8, 4) is 0 Å². The molecule has 0 bridgehead atoms. The molecule has 2 N–H and O–H groups in total. The molecule has 3 rings (SSSR count). The van der Waals surface area contributed by atoms with Crippen LogP contribution in [0.4, 0.5) is 15.8 Å². The quantitative estimate of drug-likeness (QED) is 0.251. The molecular weight excluding hydrogens is 419 g/mol. The van der Waals surface area contributed by atoms with Crippen LogP contribution < -0.4 is 10.6 Å². The number of unbranched alkanes of at least 4 members (excludes halogenated alkanes) is 1. The fourth-order valence-corrected chi connectivity index (χ4v) is 4.66. The third-order valence-corrected chi connectivity index (χ3v) is 6.61. The van der Waals surface area contributed by atoms with Crippen LogP contribution in [0.2, 0.25) is 0 Å². The van der Waals surface area contributed by atoms with Crippen molar-refractivity contribution < 1.29 is 4.39 Å². The standard InChI is InChI=1S/C31H41FN2/c1-5-7-17-31(4,23-33-18-6-2)22-26-13-15-30(34-29-16-14-28(32)19-24(29)3)27(21-26)20-25-11-9-8-10-12-25/h8-16,19,21,33-34H,5-7,17-18,20,22-23H2,1-4H3. The molecule has 1 atom stereocenters. The number of rotatable bonds is 13. The van der Waals surface area contributed by atoms with E-state index >= 15 is 0 Å². The van der Waals surface area contributed by atoms with E-state index in [-0.39, 0.29) is 11.2 Å². The van der Waals surface area contributed by atoms with Crippen molar-refractivity contribution >= 4 is 11.4 Å². The van der Waals surface area contributed by atoms with Crippen LogP contribution in [0.25, 0.3) is 0 Å². The van der Waals surface area contributed by atoms with Crippen LogP contribution in [0.1, 0.15) is 68.7 Å². The molecule has 0 saturated carbocycles. The lowest BCUT2D eigenvalue weighted by molar-refractivity contribution is 0.270. The maximum atomic E-state index is 13.6. The van der Waals surface area contributed by atoms with Crippen molar-refractivity contribution in [2.75, 3.05) is 18.4 Å². The lowest BCUT2D eigenvalue weighted by Crippen LogP contribution is -2.34. The molecule has 0 saturated heterocycles. The molecule has 3 aromatic carbocycles. The van der Waals surface area contributed by atoms with Crippen molar-refractivity contribution in [1.29, 1.82) is 0 Å². The van der Waals surface area contributed by atoms with Crippen LogP contribution in [0.5, 0.6) is 0 Å². The minimum atomic E-state index is -0.203. The van der Waals surface area contributed by atoms with Gasteiger partial charge in [-0.1, -0.05) is 76.1 Å². The van der Waals surface area contributed by atoms with Crippen molar-refractivity contribution in [3.05, 3.63) is 94.8 Å². The van der Waals surface area contributed by atoms with E-state index in [1.807, 2.05) is 13.0 Å². The Kier molecular flexibility index (Phi) is 9.71. The van der Waals surface area contributed by atoms with Crippen LogP contribution in [-0.4, -0.2) is 13.1 Å². The molecule has 3 heteroatoms. The molecule has 0 amide bonds. The van der Waals surface area contributed by atoms with E-state index in [0.29, 0.717) is 0 Å². The second-order valence-corrected chi connectivity index (χ2v) is 10.0. The molecule has 0 radical (unpaired) electrons. The first-order valence-electron chi connectivity index (χ1n) is 12.8. The zero-order valence-corrected chi connectivity index (χ0v) is 21.4. The first-order valence-corrected chi connectivity index (χ1v) is 12.8. The van der Waals surface area contributed by atoms with E-state index < -0.39 is 0 Å². The molecule has 0 aliphatic rings. The highest BCUT2D eigenvalue weighted by Gasteiger charge is 2.24. The van der Waals surface area contributed by atoms with Gasteiger partial charge in [0, 0.05) is 17.9 Å². The molecule has 34 heavy (non-hydrogen) atoms. The zero-order chi connectivity index (χ0) is 24.4. The number of aryl methyl sites for hydroxylation is 1. The maximum Gasteiger partial charge on any atom is 0.123 e. The monoisotopic (exact) mass is 460 g/mol. The lowest BCUT2D eigenvalue weighted by atomic mass is 9.78. The number of nitrogens with one attached hydrogen (secondary N) is 2. The minimum Gasteiger partial charge on any atom is -0.355 e. The summed E-state index contributed by atoms with van der Waals surface area (Å²) >= 11 is 0. The zero-order valence-electron chi connectivity index (χ0n) is 21.4.